The molecule has 108 valence electrons. The highest BCUT2D eigenvalue weighted by Crippen LogP contribution is 2.25. The van der Waals surface area contributed by atoms with Crippen LogP contribution in [0.25, 0.3) is 0 Å². The Balaban J connectivity index is 2.69. The van der Waals surface area contributed by atoms with Gasteiger partial charge in [0.2, 0.25) is 5.91 Å². The van der Waals surface area contributed by atoms with Gasteiger partial charge in [-0.15, -0.1) is 0 Å². The number of anilines is 2. The SMILES string of the molecule is CC(=O)Nc1cc(NCC(C)(C)CCC#N)ccc1F. The smallest absolute Gasteiger partial charge is 0.221 e. The molecule has 2 N–H and O–H groups in total. The predicted octanol–water partition coefficient (Wildman–Crippen LogP) is 3.53. The minimum Gasteiger partial charge on any atom is -0.384 e. The molecular formula is C15H20FN3O. The number of benzene rings is 1. The van der Waals surface area contributed by atoms with Gasteiger partial charge in [-0.3, -0.25) is 4.79 Å². The van der Waals surface area contributed by atoms with E-state index in [2.05, 4.69) is 30.6 Å². The molecule has 0 atom stereocenters. The van der Waals surface area contributed by atoms with Gasteiger partial charge in [0.25, 0.3) is 0 Å². The summed E-state index contributed by atoms with van der Waals surface area (Å²) in [5, 5.41) is 14.3. The summed E-state index contributed by atoms with van der Waals surface area (Å²) in [6, 6.07) is 6.64. The predicted molar refractivity (Wildman–Crippen MR) is 77.8 cm³/mol. The van der Waals surface area contributed by atoms with Crippen molar-refractivity contribution >= 4 is 17.3 Å². The van der Waals surface area contributed by atoms with E-state index in [-0.39, 0.29) is 17.0 Å². The minimum absolute atomic E-state index is 0.0295. The van der Waals surface area contributed by atoms with Crippen LogP contribution < -0.4 is 10.6 Å². The van der Waals surface area contributed by atoms with Crippen LogP contribution in [0.2, 0.25) is 0 Å². The number of carbonyl (C=O) groups is 1. The van der Waals surface area contributed by atoms with Crippen molar-refractivity contribution in [2.24, 2.45) is 5.41 Å². The molecule has 1 rings (SSSR count). The van der Waals surface area contributed by atoms with Gasteiger partial charge in [-0.1, -0.05) is 13.8 Å². The highest BCUT2D eigenvalue weighted by molar-refractivity contribution is 5.89. The molecular weight excluding hydrogens is 257 g/mol. The van der Waals surface area contributed by atoms with Gasteiger partial charge in [-0.2, -0.15) is 5.26 Å². The van der Waals surface area contributed by atoms with Crippen LogP contribution in [-0.2, 0) is 4.79 Å². The number of hydrogen-bond acceptors (Lipinski definition) is 3. The largest absolute Gasteiger partial charge is 0.384 e. The lowest BCUT2D eigenvalue weighted by molar-refractivity contribution is -0.114. The van der Waals surface area contributed by atoms with Crippen LogP contribution in [0.1, 0.15) is 33.6 Å². The molecule has 0 radical (unpaired) electrons. The third-order valence-corrected chi connectivity index (χ3v) is 2.96. The maximum Gasteiger partial charge on any atom is 0.221 e. The molecule has 5 heteroatoms. The Labute approximate surface area is 119 Å². The average Bonchev–Trinajstić information content (AvgIpc) is 2.37. The number of amides is 1. The van der Waals surface area contributed by atoms with E-state index in [4.69, 9.17) is 5.26 Å². The summed E-state index contributed by atoms with van der Waals surface area (Å²) in [6.07, 6.45) is 1.30. The number of rotatable bonds is 6. The fourth-order valence-corrected chi connectivity index (χ4v) is 1.74. The van der Waals surface area contributed by atoms with E-state index in [0.717, 1.165) is 12.1 Å². The van der Waals surface area contributed by atoms with Crippen molar-refractivity contribution in [3.05, 3.63) is 24.0 Å². The fraction of sp³-hybridized carbons (Fsp3) is 0.467. The second kappa shape index (κ2) is 6.90. The van der Waals surface area contributed by atoms with Gasteiger partial charge in [0.1, 0.15) is 5.82 Å². The molecule has 0 saturated carbocycles. The zero-order chi connectivity index (χ0) is 15.2. The summed E-state index contributed by atoms with van der Waals surface area (Å²) in [4.78, 5) is 11.0. The highest BCUT2D eigenvalue weighted by Gasteiger charge is 2.17. The Morgan fingerprint density at radius 3 is 2.75 bits per heavy atom. The topological polar surface area (TPSA) is 64.9 Å². The van der Waals surface area contributed by atoms with E-state index in [1.165, 1.54) is 13.0 Å². The molecule has 0 aliphatic rings. The zero-order valence-electron chi connectivity index (χ0n) is 12.1. The third kappa shape index (κ3) is 5.27. The van der Waals surface area contributed by atoms with E-state index in [0.29, 0.717) is 13.0 Å². The number of halogens is 1. The van der Waals surface area contributed by atoms with Gasteiger partial charge in [-0.25, -0.2) is 4.39 Å². The first-order chi connectivity index (χ1) is 9.34. The molecule has 0 bridgehead atoms. The molecule has 0 aliphatic carbocycles. The Bertz CT molecular complexity index is 520. The van der Waals surface area contributed by atoms with E-state index in [9.17, 15) is 9.18 Å². The molecule has 0 aromatic heterocycles. The first kappa shape index (κ1) is 16.0. The van der Waals surface area contributed by atoms with Gasteiger partial charge < -0.3 is 10.6 Å². The standard InChI is InChI=1S/C15H20FN3O/c1-11(20)19-14-9-12(5-6-13(14)16)18-10-15(2,3)7-4-8-17/h5-6,9,18H,4,7,10H2,1-3H3,(H,19,20). The van der Waals surface area contributed by atoms with Gasteiger partial charge in [0.05, 0.1) is 11.8 Å². The van der Waals surface area contributed by atoms with Gasteiger partial charge in [-0.05, 0) is 30.0 Å². The number of nitrogens with one attached hydrogen (secondary N) is 2. The van der Waals surface area contributed by atoms with Gasteiger partial charge >= 0.3 is 0 Å². The summed E-state index contributed by atoms with van der Waals surface area (Å²) in [5.41, 5.74) is 0.871. The van der Waals surface area contributed by atoms with Gasteiger partial charge in [0, 0.05) is 25.6 Å². The fourth-order valence-electron chi connectivity index (χ4n) is 1.74. The molecule has 1 amide bonds. The molecule has 1 aromatic carbocycles. The molecule has 0 spiro atoms. The van der Waals surface area contributed by atoms with Crippen LogP contribution in [0.3, 0.4) is 0 Å². The van der Waals surface area contributed by atoms with Gasteiger partial charge in [0.15, 0.2) is 0 Å². The normalized spacial score (nSPS) is 10.8. The van der Waals surface area contributed by atoms with Crippen molar-refractivity contribution in [3.8, 4) is 6.07 Å². The number of carbonyl (C=O) groups excluding carboxylic acids is 1. The maximum absolute atomic E-state index is 13.5. The molecule has 1 aromatic rings. The van der Waals surface area contributed by atoms with E-state index >= 15 is 0 Å². The molecule has 4 nitrogen and oxygen atoms in total. The van der Waals surface area contributed by atoms with Crippen molar-refractivity contribution in [2.45, 2.75) is 33.6 Å². The van der Waals surface area contributed by atoms with Crippen LogP contribution in [0.15, 0.2) is 18.2 Å². The third-order valence-electron chi connectivity index (χ3n) is 2.96. The first-order valence-electron chi connectivity index (χ1n) is 6.52. The molecule has 0 heterocycles. The van der Waals surface area contributed by atoms with Crippen LogP contribution in [0.4, 0.5) is 15.8 Å². The summed E-state index contributed by atoms with van der Waals surface area (Å²) < 4.78 is 13.5. The van der Waals surface area contributed by atoms with E-state index in [1.54, 1.807) is 12.1 Å². The lowest BCUT2D eigenvalue weighted by Crippen LogP contribution is -2.23. The summed E-state index contributed by atoms with van der Waals surface area (Å²) in [5.74, 6) is -0.773. The van der Waals surface area contributed by atoms with Crippen molar-refractivity contribution < 1.29 is 9.18 Å². The Kier molecular flexibility index (Phi) is 5.51. The highest BCUT2D eigenvalue weighted by atomic mass is 19.1. The Morgan fingerprint density at radius 2 is 2.15 bits per heavy atom. The molecule has 20 heavy (non-hydrogen) atoms. The second-order valence-corrected chi connectivity index (χ2v) is 5.55. The van der Waals surface area contributed by atoms with Crippen molar-refractivity contribution in [1.29, 1.82) is 5.26 Å². The number of nitrogens with zero attached hydrogens (tertiary/aromatic N) is 1. The lowest BCUT2D eigenvalue weighted by atomic mass is 9.88. The van der Waals surface area contributed by atoms with Crippen LogP contribution >= 0.6 is 0 Å². The molecule has 0 fully saturated rings. The second-order valence-electron chi connectivity index (χ2n) is 5.55. The lowest BCUT2D eigenvalue weighted by Gasteiger charge is -2.24. The maximum atomic E-state index is 13.5. The van der Waals surface area contributed by atoms with Crippen molar-refractivity contribution in [2.75, 3.05) is 17.2 Å². The summed E-state index contributed by atoms with van der Waals surface area (Å²) in [7, 11) is 0. The van der Waals surface area contributed by atoms with E-state index in [1.807, 2.05) is 0 Å². The van der Waals surface area contributed by atoms with Crippen molar-refractivity contribution in [3.63, 3.8) is 0 Å². The van der Waals surface area contributed by atoms with Crippen molar-refractivity contribution in [1.82, 2.24) is 0 Å². The quantitative estimate of drug-likeness (QED) is 0.836. The monoisotopic (exact) mass is 277 g/mol. The summed E-state index contributed by atoms with van der Waals surface area (Å²) >= 11 is 0. The number of hydrogen-bond donors (Lipinski definition) is 2. The number of nitriles is 1. The first-order valence-corrected chi connectivity index (χ1v) is 6.52. The van der Waals surface area contributed by atoms with Crippen LogP contribution in [-0.4, -0.2) is 12.5 Å². The molecule has 0 saturated heterocycles. The van der Waals surface area contributed by atoms with E-state index < -0.39 is 5.82 Å². The Morgan fingerprint density at radius 1 is 1.45 bits per heavy atom. The Hall–Kier alpha value is -2.09. The molecule has 0 unspecified atom stereocenters. The molecule has 0 aliphatic heterocycles. The van der Waals surface area contributed by atoms with Crippen LogP contribution in [0, 0.1) is 22.6 Å². The van der Waals surface area contributed by atoms with Crippen LogP contribution in [0.5, 0.6) is 0 Å². The zero-order valence-corrected chi connectivity index (χ0v) is 12.1. The summed E-state index contributed by atoms with van der Waals surface area (Å²) in [6.45, 7) is 6.13. The minimum atomic E-state index is -0.463. The average molecular weight is 277 g/mol.